The maximum atomic E-state index is 9.13. The third kappa shape index (κ3) is 0.318. The van der Waals surface area contributed by atoms with Crippen LogP contribution in [0.15, 0.2) is 35.2 Å². The summed E-state index contributed by atoms with van der Waals surface area (Å²) >= 11 is 0. The van der Waals surface area contributed by atoms with Crippen molar-refractivity contribution < 1.29 is 5.02 Å². The fourth-order valence-electron chi connectivity index (χ4n) is 1.05. The Morgan fingerprint density at radius 1 is 1.12 bits per heavy atom. The lowest BCUT2D eigenvalue weighted by Gasteiger charge is -1.89. The zero-order valence-electron chi connectivity index (χ0n) is 4.33. The van der Waals surface area contributed by atoms with Gasteiger partial charge < -0.3 is 5.02 Å². The van der Waals surface area contributed by atoms with Gasteiger partial charge in [-0.3, -0.25) is 0 Å². The molecule has 0 saturated carbocycles. The minimum Gasteiger partial charge on any atom is -0.443 e. The van der Waals surface area contributed by atoms with Crippen LogP contribution >= 0.6 is 0 Å². The largest absolute Gasteiger partial charge is 0.443 e. The maximum absolute atomic E-state index is 9.13. The van der Waals surface area contributed by atoms with E-state index < -0.39 is 0 Å². The van der Waals surface area contributed by atoms with Crippen molar-refractivity contribution in [2.75, 3.05) is 0 Å². The third-order valence-corrected chi connectivity index (χ3v) is 1.57. The molecule has 0 aromatic rings. The molecule has 2 rings (SSSR count). The van der Waals surface area contributed by atoms with Crippen molar-refractivity contribution in [2.24, 2.45) is 0 Å². The minimum absolute atomic E-state index is 0.296. The first-order valence-electron chi connectivity index (χ1n) is 2.66. The summed E-state index contributed by atoms with van der Waals surface area (Å²) in [7, 11) is 0. The molecule has 0 aromatic carbocycles. The van der Waals surface area contributed by atoms with Crippen molar-refractivity contribution in [3.8, 4) is 0 Å². The molecule has 0 spiro atoms. The predicted octanol–water partition coefficient (Wildman–Crippen LogP) is 0.485. The maximum Gasteiger partial charge on any atom is 0.358 e. The Balaban J connectivity index is 2.57. The van der Waals surface area contributed by atoms with E-state index in [0.717, 1.165) is 10.9 Å². The van der Waals surface area contributed by atoms with Gasteiger partial charge in [-0.15, -0.1) is 0 Å². The summed E-state index contributed by atoms with van der Waals surface area (Å²) in [4.78, 5) is 0. The van der Waals surface area contributed by atoms with E-state index in [1.54, 1.807) is 0 Å². The molecule has 0 aliphatic carbocycles. The number of fused-ring (bicyclic) bond motifs is 2. The highest BCUT2D eigenvalue weighted by molar-refractivity contribution is 6.71. The first kappa shape index (κ1) is 4.16. The SMILES string of the molecule is OB1C2=CC=C1C=C2. The molecule has 1 nitrogen and oxygen atoms in total. The Hall–Kier alpha value is -0.755. The predicted molar refractivity (Wildman–Crippen MR) is 33.3 cm³/mol. The molecular formula is C6H5BO. The molecule has 0 saturated heterocycles. The molecule has 2 aliphatic rings. The zero-order valence-corrected chi connectivity index (χ0v) is 4.33. The highest BCUT2D eigenvalue weighted by Gasteiger charge is 2.26. The van der Waals surface area contributed by atoms with Gasteiger partial charge in [-0.25, -0.2) is 0 Å². The molecule has 2 heterocycles. The van der Waals surface area contributed by atoms with Gasteiger partial charge in [-0.2, -0.15) is 0 Å². The molecule has 38 valence electrons. The van der Waals surface area contributed by atoms with Crippen molar-refractivity contribution >= 4 is 6.92 Å². The van der Waals surface area contributed by atoms with E-state index in [9.17, 15) is 0 Å². The van der Waals surface area contributed by atoms with Crippen molar-refractivity contribution in [3.05, 3.63) is 35.2 Å². The van der Waals surface area contributed by atoms with Gasteiger partial charge in [0, 0.05) is 0 Å². The summed E-state index contributed by atoms with van der Waals surface area (Å²) in [5.41, 5.74) is 2.06. The first-order valence-corrected chi connectivity index (χ1v) is 2.66. The molecule has 1 N–H and O–H groups in total. The van der Waals surface area contributed by atoms with Gasteiger partial charge in [0.1, 0.15) is 0 Å². The van der Waals surface area contributed by atoms with Crippen molar-refractivity contribution in [3.63, 3.8) is 0 Å². The monoisotopic (exact) mass is 104 g/mol. The van der Waals surface area contributed by atoms with Gasteiger partial charge in [0.2, 0.25) is 0 Å². The minimum atomic E-state index is -0.296. The molecule has 0 amide bonds. The van der Waals surface area contributed by atoms with Gasteiger partial charge in [0.15, 0.2) is 0 Å². The van der Waals surface area contributed by atoms with E-state index in [-0.39, 0.29) is 6.92 Å². The Labute approximate surface area is 48.1 Å². The van der Waals surface area contributed by atoms with E-state index in [1.807, 2.05) is 24.3 Å². The van der Waals surface area contributed by atoms with Gasteiger partial charge >= 0.3 is 6.92 Å². The molecule has 0 fully saturated rings. The summed E-state index contributed by atoms with van der Waals surface area (Å²) < 4.78 is 0. The molecule has 0 atom stereocenters. The number of rotatable bonds is 0. The molecule has 0 radical (unpaired) electrons. The van der Waals surface area contributed by atoms with Crippen LogP contribution in [0.5, 0.6) is 0 Å². The van der Waals surface area contributed by atoms with Crippen LogP contribution in [0.2, 0.25) is 0 Å². The van der Waals surface area contributed by atoms with Crippen LogP contribution in [0, 0.1) is 0 Å². The third-order valence-electron chi connectivity index (χ3n) is 1.57. The molecule has 0 unspecified atom stereocenters. The first-order chi connectivity index (χ1) is 3.88. The summed E-state index contributed by atoms with van der Waals surface area (Å²) in [6.07, 6.45) is 7.78. The normalized spacial score (nSPS) is 21.9. The van der Waals surface area contributed by atoms with E-state index in [2.05, 4.69) is 0 Å². The fraction of sp³-hybridized carbons (Fsp3) is 0. The Bertz CT molecular complexity index is 191. The van der Waals surface area contributed by atoms with Gasteiger partial charge in [0.25, 0.3) is 0 Å². The highest BCUT2D eigenvalue weighted by Crippen LogP contribution is 2.24. The van der Waals surface area contributed by atoms with Crippen LogP contribution in [0.1, 0.15) is 0 Å². The number of allylic oxidation sites excluding steroid dienone is 6. The zero-order chi connectivity index (χ0) is 5.56. The van der Waals surface area contributed by atoms with Crippen LogP contribution in [0.25, 0.3) is 0 Å². The van der Waals surface area contributed by atoms with Gasteiger partial charge in [0.05, 0.1) is 0 Å². The van der Waals surface area contributed by atoms with Gasteiger partial charge in [-0.05, 0) is 10.9 Å². The van der Waals surface area contributed by atoms with Crippen molar-refractivity contribution in [2.45, 2.75) is 0 Å². The number of hydrogen-bond acceptors (Lipinski definition) is 1. The molecular weight excluding hydrogens is 98.9 g/mol. The average Bonchev–Trinajstić information content (AvgIpc) is 2.29. The van der Waals surface area contributed by atoms with Crippen LogP contribution in [0.3, 0.4) is 0 Å². The second kappa shape index (κ2) is 1.15. The Morgan fingerprint density at radius 2 is 1.62 bits per heavy atom. The quantitative estimate of drug-likeness (QED) is 0.443. The smallest absolute Gasteiger partial charge is 0.358 e. The van der Waals surface area contributed by atoms with E-state index in [4.69, 9.17) is 5.02 Å². The van der Waals surface area contributed by atoms with E-state index >= 15 is 0 Å². The second-order valence-corrected chi connectivity index (χ2v) is 2.07. The van der Waals surface area contributed by atoms with E-state index in [1.165, 1.54) is 0 Å². The summed E-state index contributed by atoms with van der Waals surface area (Å²) in [6.45, 7) is -0.296. The Morgan fingerprint density at radius 3 is 1.75 bits per heavy atom. The highest BCUT2D eigenvalue weighted by atomic mass is 16.2. The standard InChI is InChI=1S/C6H5BO/c8-7-5-1-2-6(7)4-3-5/h1-4,8H. The number of hydrogen-bond donors (Lipinski definition) is 1. The lowest BCUT2D eigenvalue weighted by molar-refractivity contribution is 0.595. The molecule has 0 aromatic heterocycles. The lowest BCUT2D eigenvalue weighted by atomic mass is 9.62. The van der Waals surface area contributed by atoms with Crippen LogP contribution in [-0.2, 0) is 0 Å². The molecule has 8 heavy (non-hydrogen) atoms. The summed E-state index contributed by atoms with van der Waals surface area (Å²) in [5.74, 6) is 0. The van der Waals surface area contributed by atoms with Gasteiger partial charge in [-0.1, -0.05) is 24.3 Å². The Kier molecular flexibility index (Phi) is 0.595. The molecule has 2 aliphatic heterocycles. The van der Waals surface area contributed by atoms with Crippen molar-refractivity contribution in [1.29, 1.82) is 0 Å². The van der Waals surface area contributed by atoms with Crippen LogP contribution < -0.4 is 0 Å². The van der Waals surface area contributed by atoms with Crippen LogP contribution in [-0.4, -0.2) is 11.9 Å². The molecule has 2 bridgehead atoms. The average molecular weight is 104 g/mol. The topological polar surface area (TPSA) is 20.2 Å². The van der Waals surface area contributed by atoms with E-state index in [0.29, 0.717) is 0 Å². The fourth-order valence-corrected chi connectivity index (χ4v) is 1.05. The molecule has 2 heteroatoms. The summed E-state index contributed by atoms with van der Waals surface area (Å²) in [5, 5.41) is 9.13. The second-order valence-electron chi connectivity index (χ2n) is 2.07. The lowest BCUT2D eigenvalue weighted by Crippen LogP contribution is -2.08. The van der Waals surface area contributed by atoms with Crippen molar-refractivity contribution in [1.82, 2.24) is 0 Å². The van der Waals surface area contributed by atoms with Crippen LogP contribution in [0.4, 0.5) is 0 Å². The summed E-state index contributed by atoms with van der Waals surface area (Å²) in [6, 6.07) is 0.